The van der Waals surface area contributed by atoms with Crippen LogP contribution >= 0.6 is 0 Å². The number of para-hydroxylation sites is 1. The Morgan fingerprint density at radius 2 is 1.78 bits per heavy atom. The van der Waals surface area contributed by atoms with Crippen LogP contribution in [0.2, 0.25) is 0 Å². The summed E-state index contributed by atoms with van der Waals surface area (Å²) in [6.45, 7) is 4.24. The maximum atomic E-state index is 12.8. The number of amides is 1. The number of carbonyl (C=O) groups excluding carboxylic acids is 1. The third kappa shape index (κ3) is 5.44. The van der Waals surface area contributed by atoms with Crippen molar-refractivity contribution in [2.24, 2.45) is 5.73 Å². The van der Waals surface area contributed by atoms with E-state index < -0.39 is 5.54 Å². The van der Waals surface area contributed by atoms with Crippen LogP contribution in [0.1, 0.15) is 48.2 Å². The molecule has 1 atom stereocenters. The van der Waals surface area contributed by atoms with Crippen LogP contribution in [0.25, 0.3) is 10.9 Å². The lowest BCUT2D eigenvalue weighted by Crippen LogP contribution is -2.50. The first-order valence-corrected chi connectivity index (χ1v) is 12.4. The number of nitrogens with zero attached hydrogens (tertiary/aromatic N) is 4. The molecule has 0 aliphatic rings. The van der Waals surface area contributed by atoms with Crippen LogP contribution in [-0.4, -0.2) is 42.7 Å². The molecule has 0 saturated heterocycles. The molecule has 188 valence electrons. The lowest BCUT2D eigenvalue weighted by Gasteiger charge is -2.22. The van der Waals surface area contributed by atoms with Gasteiger partial charge < -0.3 is 20.6 Å². The minimum Gasteiger partial charge on any atom is -0.361 e. The van der Waals surface area contributed by atoms with E-state index in [0.717, 1.165) is 39.4 Å². The van der Waals surface area contributed by atoms with Gasteiger partial charge in [0, 0.05) is 36.3 Å². The minimum atomic E-state index is -0.995. The predicted molar refractivity (Wildman–Crippen MR) is 144 cm³/mol. The number of benzene rings is 2. The number of pyridine rings is 1. The fraction of sp³-hybridized carbons (Fsp3) is 0.241. The van der Waals surface area contributed by atoms with Crippen molar-refractivity contribution >= 4 is 16.8 Å². The van der Waals surface area contributed by atoms with Crippen molar-refractivity contribution in [3.63, 3.8) is 0 Å². The molecule has 0 spiro atoms. The zero-order valence-corrected chi connectivity index (χ0v) is 21.1. The number of aromatic amines is 1. The highest BCUT2D eigenvalue weighted by Gasteiger charge is 2.29. The quantitative estimate of drug-likeness (QED) is 0.289. The van der Waals surface area contributed by atoms with Gasteiger partial charge in [0.15, 0.2) is 0 Å². The number of rotatable bonds is 9. The van der Waals surface area contributed by atoms with Crippen molar-refractivity contribution in [1.82, 2.24) is 30.0 Å². The van der Waals surface area contributed by atoms with Gasteiger partial charge in [-0.05, 0) is 43.2 Å². The van der Waals surface area contributed by atoms with Crippen LogP contribution in [0.5, 0.6) is 0 Å². The lowest BCUT2D eigenvalue weighted by molar-refractivity contribution is -0.125. The Hall–Kier alpha value is -4.30. The summed E-state index contributed by atoms with van der Waals surface area (Å²) in [5.41, 5.74) is 9.19. The molecule has 0 saturated carbocycles. The summed E-state index contributed by atoms with van der Waals surface area (Å²) >= 11 is 0. The zero-order chi connectivity index (χ0) is 25.8. The van der Waals surface area contributed by atoms with Gasteiger partial charge in [-0.25, -0.2) is 0 Å². The second-order valence-corrected chi connectivity index (χ2v) is 9.82. The Balaban J connectivity index is 1.60. The molecule has 8 heteroatoms. The Morgan fingerprint density at radius 1 is 1.03 bits per heavy atom. The van der Waals surface area contributed by atoms with Gasteiger partial charge in [0.25, 0.3) is 0 Å². The topological polar surface area (TPSA) is 115 Å². The molecule has 5 rings (SSSR count). The largest absolute Gasteiger partial charge is 0.361 e. The van der Waals surface area contributed by atoms with Gasteiger partial charge in [-0.3, -0.25) is 9.78 Å². The summed E-state index contributed by atoms with van der Waals surface area (Å²) in [5.74, 6) is 1.11. The van der Waals surface area contributed by atoms with Crippen LogP contribution in [0, 0.1) is 0 Å². The molecule has 37 heavy (non-hydrogen) atoms. The molecule has 8 nitrogen and oxygen atoms in total. The third-order valence-corrected chi connectivity index (χ3v) is 6.47. The van der Waals surface area contributed by atoms with Gasteiger partial charge in [0.2, 0.25) is 5.91 Å². The molecular weight excluding hydrogens is 462 g/mol. The van der Waals surface area contributed by atoms with E-state index in [1.807, 2.05) is 60.8 Å². The monoisotopic (exact) mass is 493 g/mol. The second kappa shape index (κ2) is 10.4. The fourth-order valence-corrected chi connectivity index (χ4v) is 4.49. The van der Waals surface area contributed by atoms with Crippen molar-refractivity contribution in [3.8, 4) is 0 Å². The molecule has 3 heterocycles. The molecule has 0 aliphatic carbocycles. The highest BCUT2D eigenvalue weighted by atomic mass is 16.2. The van der Waals surface area contributed by atoms with E-state index in [0.29, 0.717) is 19.5 Å². The van der Waals surface area contributed by atoms with E-state index in [4.69, 9.17) is 10.8 Å². The van der Waals surface area contributed by atoms with E-state index in [-0.39, 0.29) is 11.8 Å². The number of nitrogens with one attached hydrogen (secondary N) is 2. The highest BCUT2D eigenvalue weighted by molar-refractivity contribution is 5.86. The van der Waals surface area contributed by atoms with Crippen LogP contribution in [0.15, 0.2) is 85.2 Å². The summed E-state index contributed by atoms with van der Waals surface area (Å²) in [7, 11) is 0. The minimum absolute atomic E-state index is 0.224. The van der Waals surface area contributed by atoms with E-state index >= 15 is 0 Å². The summed E-state index contributed by atoms with van der Waals surface area (Å²) in [5, 5.41) is 13.5. The van der Waals surface area contributed by atoms with Crippen molar-refractivity contribution in [2.75, 3.05) is 6.54 Å². The maximum Gasteiger partial charge on any atom is 0.239 e. The van der Waals surface area contributed by atoms with E-state index in [9.17, 15) is 4.79 Å². The Bertz CT molecular complexity index is 1480. The first-order valence-electron chi connectivity index (χ1n) is 12.4. The van der Waals surface area contributed by atoms with Crippen molar-refractivity contribution in [3.05, 3.63) is 114 Å². The van der Waals surface area contributed by atoms with Crippen molar-refractivity contribution < 1.29 is 4.79 Å². The number of aromatic nitrogens is 5. The molecule has 5 aromatic rings. The molecule has 4 N–H and O–H groups in total. The molecule has 2 aromatic carbocycles. The number of carbonyl (C=O) groups is 1. The van der Waals surface area contributed by atoms with Gasteiger partial charge >= 0.3 is 0 Å². The van der Waals surface area contributed by atoms with E-state index in [1.165, 1.54) is 0 Å². The third-order valence-electron chi connectivity index (χ3n) is 6.47. The maximum absolute atomic E-state index is 12.8. The fourth-order valence-electron chi connectivity index (χ4n) is 4.49. The molecule has 0 aliphatic heterocycles. The van der Waals surface area contributed by atoms with Crippen molar-refractivity contribution in [2.45, 2.75) is 38.3 Å². The molecule has 0 radical (unpaired) electrons. The van der Waals surface area contributed by atoms with Gasteiger partial charge in [0.1, 0.15) is 11.6 Å². The van der Waals surface area contributed by atoms with Crippen molar-refractivity contribution in [1.29, 1.82) is 0 Å². The first kappa shape index (κ1) is 24.4. The summed E-state index contributed by atoms with van der Waals surface area (Å²) in [6, 6.07) is 24.2. The van der Waals surface area contributed by atoms with Crippen LogP contribution in [0.4, 0.5) is 0 Å². The SMILES string of the molecule is CC(C)(N)C(=O)NCC(c1c[nH]c2ccccc12)c1nnc(Cc2ccccc2)n1Cc1ccccn1. The standard InChI is InChI=1S/C29H31N7O/c1-29(2,30)28(37)33-18-24(23-17-32-25-14-7-6-13-22(23)25)27-35-34-26(16-20-10-4-3-5-11-20)36(27)19-21-12-8-9-15-31-21/h3-15,17,24,32H,16,18-19,30H2,1-2H3,(H,33,37). The molecule has 3 aromatic heterocycles. The van der Waals surface area contributed by atoms with E-state index in [1.54, 1.807) is 20.0 Å². The van der Waals surface area contributed by atoms with Gasteiger partial charge in [0.05, 0.1) is 23.7 Å². The molecular formula is C29H31N7O. The number of hydrogen-bond acceptors (Lipinski definition) is 5. The van der Waals surface area contributed by atoms with Gasteiger partial charge in [-0.1, -0.05) is 54.6 Å². The number of nitrogens with two attached hydrogens (primary N) is 1. The molecule has 0 fully saturated rings. The van der Waals surface area contributed by atoms with Gasteiger partial charge in [-0.15, -0.1) is 10.2 Å². The smallest absolute Gasteiger partial charge is 0.239 e. The highest BCUT2D eigenvalue weighted by Crippen LogP contribution is 2.31. The number of H-pyrrole nitrogens is 1. The van der Waals surface area contributed by atoms with Crippen LogP contribution in [0.3, 0.4) is 0 Å². The number of fused-ring (bicyclic) bond motifs is 1. The molecule has 0 bridgehead atoms. The zero-order valence-electron chi connectivity index (χ0n) is 21.1. The van der Waals surface area contributed by atoms with Gasteiger partial charge in [-0.2, -0.15) is 0 Å². The predicted octanol–water partition coefficient (Wildman–Crippen LogP) is 3.78. The average Bonchev–Trinajstić information content (AvgIpc) is 3.50. The lowest BCUT2D eigenvalue weighted by atomic mass is 9.96. The summed E-state index contributed by atoms with van der Waals surface area (Å²) in [4.78, 5) is 20.7. The average molecular weight is 494 g/mol. The molecule has 1 unspecified atom stereocenters. The van der Waals surface area contributed by atoms with Crippen LogP contribution in [-0.2, 0) is 17.8 Å². The Kier molecular flexibility index (Phi) is 6.83. The Labute approximate surface area is 216 Å². The second-order valence-electron chi connectivity index (χ2n) is 9.82. The van der Waals surface area contributed by atoms with Crippen LogP contribution < -0.4 is 11.1 Å². The summed E-state index contributed by atoms with van der Waals surface area (Å²) in [6.07, 6.45) is 4.41. The van der Waals surface area contributed by atoms with E-state index in [2.05, 4.69) is 43.1 Å². The summed E-state index contributed by atoms with van der Waals surface area (Å²) < 4.78 is 2.13. The number of hydrogen-bond donors (Lipinski definition) is 3. The normalized spacial score (nSPS) is 12.5. The molecule has 1 amide bonds. The Morgan fingerprint density at radius 3 is 2.54 bits per heavy atom. The first-order chi connectivity index (χ1) is 17.9.